The van der Waals surface area contributed by atoms with Gasteiger partial charge in [-0.3, -0.25) is 4.79 Å². The number of nitrogens with one attached hydrogen (secondary N) is 1. The van der Waals surface area contributed by atoms with Gasteiger partial charge in [0.1, 0.15) is 10.8 Å². The molecule has 2 heterocycles. The summed E-state index contributed by atoms with van der Waals surface area (Å²) in [5.41, 5.74) is 2.93. The van der Waals surface area contributed by atoms with Crippen LogP contribution in [0.5, 0.6) is 5.75 Å². The number of anilines is 1. The lowest BCUT2D eigenvalue weighted by Crippen LogP contribution is -2.27. The fraction of sp³-hybridized carbons (Fsp3) is 0.385. The van der Waals surface area contributed by atoms with Gasteiger partial charge in [-0.05, 0) is 78.8 Å². The predicted octanol–water partition coefficient (Wildman–Crippen LogP) is 7.36. The summed E-state index contributed by atoms with van der Waals surface area (Å²) in [6, 6.07) is 11.6. The molecule has 4 nitrogen and oxygen atoms in total. The molecule has 1 aliphatic rings. The summed E-state index contributed by atoms with van der Waals surface area (Å²) in [6.45, 7) is 9.51. The van der Waals surface area contributed by atoms with Crippen LogP contribution in [-0.2, 0) is 12.8 Å². The molecule has 168 valence electrons. The maximum absolute atomic E-state index is 13.4. The van der Waals surface area contributed by atoms with Crippen molar-refractivity contribution in [2.75, 3.05) is 11.9 Å². The Kier molecular flexibility index (Phi) is 6.82. The van der Waals surface area contributed by atoms with E-state index in [1.807, 2.05) is 54.9 Å². The van der Waals surface area contributed by atoms with Crippen LogP contribution in [0.15, 0.2) is 46.8 Å². The van der Waals surface area contributed by atoms with Crippen LogP contribution in [0.1, 0.15) is 59.8 Å². The number of ether oxygens (including phenoxy) is 1. The van der Waals surface area contributed by atoms with E-state index in [-0.39, 0.29) is 11.3 Å². The molecule has 2 aromatic heterocycles. The van der Waals surface area contributed by atoms with Gasteiger partial charge in [-0.25, -0.2) is 4.99 Å². The van der Waals surface area contributed by atoms with E-state index < -0.39 is 0 Å². The molecule has 3 aromatic rings. The van der Waals surface area contributed by atoms with Crippen molar-refractivity contribution in [2.24, 2.45) is 16.3 Å². The van der Waals surface area contributed by atoms with Crippen LogP contribution in [0, 0.1) is 11.3 Å². The number of amides is 1. The van der Waals surface area contributed by atoms with Gasteiger partial charge in [0.05, 0.1) is 12.2 Å². The zero-order valence-corrected chi connectivity index (χ0v) is 20.7. The maximum Gasteiger partial charge on any atom is 0.259 e. The standard InChI is InChI=1S/C26H30N2O2S2/c1-5-30-19-11-9-18(10-12-19)28-24(29)23-21-13-8-17(26(2,3)4)15-22(21)32-25(23)27-16-20-7-6-14-31-20/h6-7,9-12,14,16-17H,5,8,13,15H2,1-4H3,(H,28,29)/t17-/m1/s1. The first-order chi connectivity index (χ1) is 15.3. The number of carbonyl (C=O) groups is 1. The van der Waals surface area contributed by atoms with E-state index in [1.54, 1.807) is 22.7 Å². The lowest BCUT2D eigenvalue weighted by atomic mass is 9.72. The van der Waals surface area contributed by atoms with E-state index in [0.29, 0.717) is 12.5 Å². The highest BCUT2D eigenvalue weighted by Crippen LogP contribution is 2.45. The molecule has 1 N–H and O–H groups in total. The van der Waals surface area contributed by atoms with Gasteiger partial charge >= 0.3 is 0 Å². The third-order valence-electron chi connectivity index (χ3n) is 5.97. The zero-order valence-electron chi connectivity index (χ0n) is 19.1. The highest BCUT2D eigenvalue weighted by Gasteiger charge is 2.33. The number of rotatable bonds is 6. The quantitative estimate of drug-likeness (QED) is 0.386. The van der Waals surface area contributed by atoms with Gasteiger partial charge in [0, 0.05) is 21.7 Å². The summed E-state index contributed by atoms with van der Waals surface area (Å²) in [5, 5.41) is 5.92. The van der Waals surface area contributed by atoms with Gasteiger partial charge in [-0.15, -0.1) is 22.7 Å². The number of fused-ring (bicyclic) bond motifs is 1. The molecule has 0 aliphatic heterocycles. The molecule has 0 spiro atoms. The van der Waals surface area contributed by atoms with E-state index >= 15 is 0 Å². The minimum Gasteiger partial charge on any atom is -0.494 e. The monoisotopic (exact) mass is 466 g/mol. The summed E-state index contributed by atoms with van der Waals surface area (Å²) in [7, 11) is 0. The van der Waals surface area contributed by atoms with Gasteiger partial charge in [0.15, 0.2) is 0 Å². The molecule has 1 aliphatic carbocycles. The predicted molar refractivity (Wildman–Crippen MR) is 136 cm³/mol. The molecule has 0 bridgehead atoms. The van der Waals surface area contributed by atoms with E-state index in [2.05, 4.69) is 26.1 Å². The fourth-order valence-electron chi connectivity index (χ4n) is 4.12. The van der Waals surface area contributed by atoms with E-state index in [1.165, 1.54) is 10.4 Å². The molecule has 4 rings (SSSR count). The Morgan fingerprint density at radius 3 is 2.69 bits per heavy atom. The molecule has 1 atom stereocenters. The Morgan fingerprint density at radius 2 is 2.03 bits per heavy atom. The third kappa shape index (κ3) is 5.13. The Morgan fingerprint density at radius 1 is 1.25 bits per heavy atom. The highest BCUT2D eigenvalue weighted by atomic mass is 32.1. The summed E-state index contributed by atoms with van der Waals surface area (Å²) >= 11 is 3.32. The van der Waals surface area contributed by atoms with Crippen LogP contribution in [0.4, 0.5) is 10.7 Å². The Hall–Kier alpha value is -2.44. The number of aliphatic imine (C=N–C) groups is 1. The maximum atomic E-state index is 13.4. The molecule has 1 aromatic carbocycles. The van der Waals surface area contributed by atoms with E-state index in [4.69, 9.17) is 9.73 Å². The number of hydrogen-bond donors (Lipinski definition) is 1. The van der Waals surface area contributed by atoms with Crippen molar-refractivity contribution in [1.82, 2.24) is 0 Å². The van der Waals surface area contributed by atoms with Crippen molar-refractivity contribution >= 4 is 45.5 Å². The van der Waals surface area contributed by atoms with Crippen molar-refractivity contribution in [3.8, 4) is 5.75 Å². The minimum absolute atomic E-state index is 0.0841. The van der Waals surface area contributed by atoms with Gasteiger partial charge in [-0.2, -0.15) is 0 Å². The number of carbonyl (C=O) groups excluding carboxylic acids is 1. The van der Waals surface area contributed by atoms with Gasteiger partial charge < -0.3 is 10.1 Å². The first-order valence-corrected chi connectivity index (χ1v) is 12.8. The van der Waals surface area contributed by atoms with E-state index in [0.717, 1.165) is 46.1 Å². The number of benzene rings is 1. The Labute approximate surface area is 198 Å². The van der Waals surface area contributed by atoms with Crippen LogP contribution < -0.4 is 10.1 Å². The molecule has 0 saturated carbocycles. The fourth-order valence-corrected chi connectivity index (χ4v) is 5.97. The highest BCUT2D eigenvalue weighted by molar-refractivity contribution is 7.16. The molecular weight excluding hydrogens is 436 g/mol. The third-order valence-corrected chi connectivity index (χ3v) is 7.94. The number of hydrogen-bond acceptors (Lipinski definition) is 5. The number of nitrogens with zero attached hydrogens (tertiary/aromatic N) is 1. The largest absolute Gasteiger partial charge is 0.494 e. The smallest absolute Gasteiger partial charge is 0.259 e. The summed E-state index contributed by atoms with van der Waals surface area (Å²) in [5.74, 6) is 1.33. The second-order valence-corrected chi connectivity index (χ2v) is 11.2. The van der Waals surface area contributed by atoms with Crippen LogP contribution in [0.2, 0.25) is 0 Å². The van der Waals surface area contributed by atoms with Crippen molar-refractivity contribution in [2.45, 2.75) is 47.0 Å². The van der Waals surface area contributed by atoms with Gasteiger partial charge in [0.25, 0.3) is 5.91 Å². The molecular formula is C26H30N2O2S2. The first-order valence-electron chi connectivity index (χ1n) is 11.1. The molecule has 32 heavy (non-hydrogen) atoms. The van der Waals surface area contributed by atoms with Crippen LogP contribution >= 0.6 is 22.7 Å². The molecule has 0 fully saturated rings. The normalized spacial score (nSPS) is 16.2. The minimum atomic E-state index is -0.0841. The van der Waals surface area contributed by atoms with Crippen LogP contribution in [0.25, 0.3) is 0 Å². The average molecular weight is 467 g/mol. The second kappa shape index (κ2) is 9.59. The average Bonchev–Trinajstić information content (AvgIpc) is 3.40. The van der Waals surface area contributed by atoms with Crippen molar-refractivity contribution in [3.63, 3.8) is 0 Å². The molecule has 0 unspecified atom stereocenters. The Balaban J connectivity index is 1.64. The topological polar surface area (TPSA) is 50.7 Å². The SMILES string of the molecule is CCOc1ccc(NC(=O)c2c(N=Cc3cccs3)sc3c2CC[C@@H](C(C)(C)C)C3)cc1. The van der Waals surface area contributed by atoms with Crippen LogP contribution in [0.3, 0.4) is 0 Å². The Bertz CT molecular complexity index is 1090. The van der Waals surface area contributed by atoms with E-state index in [9.17, 15) is 4.79 Å². The summed E-state index contributed by atoms with van der Waals surface area (Å²) < 4.78 is 5.51. The van der Waals surface area contributed by atoms with Gasteiger partial charge in [-0.1, -0.05) is 26.8 Å². The first kappa shape index (κ1) is 22.7. The molecule has 0 saturated heterocycles. The van der Waals surface area contributed by atoms with Gasteiger partial charge in [0.2, 0.25) is 0 Å². The molecule has 6 heteroatoms. The lowest BCUT2D eigenvalue weighted by Gasteiger charge is -2.33. The van der Waals surface area contributed by atoms with Crippen molar-refractivity contribution < 1.29 is 9.53 Å². The zero-order chi connectivity index (χ0) is 22.7. The lowest BCUT2D eigenvalue weighted by molar-refractivity contribution is 0.102. The number of thiophene rings is 2. The van der Waals surface area contributed by atoms with Crippen molar-refractivity contribution in [3.05, 3.63) is 62.7 Å². The van der Waals surface area contributed by atoms with Crippen molar-refractivity contribution in [1.29, 1.82) is 0 Å². The second-order valence-electron chi connectivity index (χ2n) is 9.17. The summed E-state index contributed by atoms with van der Waals surface area (Å²) in [6.07, 6.45) is 4.91. The molecule has 1 amide bonds. The van der Waals surface area contributed by atoms with Crippen LogP contribution in [-0.4, -0.2) is 18.7 Å². The summed E-state index contributed by atoms with van der Waals surface area (Å²) in [4.78, 5) is 20.6. The molecule has 0 radical (unpaired) electrons.